The summed E-state index contributed by atoms with van der Waals surface area (Å²) in [4.78, 5) is 17.9. The second kappa shape index (κ2) is 7.47. The lowest BCUT2D eigenvalue weighted by atomic mass is 10.1. The molecular weight excluding hydrogens is 478 g/mol. The Bertz CT molecular complexity index is 1470. The number of halogens is 1. The fourth-order valence-electron chi connectivity index (χ4n) is 3.65. The molecule has 0 saturated carbocycles. The predicted molar refractivity (Wildman–Crippen MR) is 123 cm³/mol. The number of nitrogens with one attached hydrogen (secondary N) is 1. The summed E-state index contributed by atoms with van der Waals surface area (Å²) in [5.41, 5.74) is 4.19. The van der Waals surface area contributed by atoms with Crippen molar-refractivity contribution in [3.05, 3.63) is 88.0 Å². The Balaban J connectivity index is 1.49. The summed E-state index contributed by atoms with van der Waals surface area (Å²) in [7, 11) is -3.44. The summed E-state index contributed by atoms with van der Waals surface area (Å²) in [5.74, 6) is -0.262. The van der Waals surface area contributed by atoms with Gasteiger partial charge in [-0.25, -0.2) is 13.4 Å². The monoisotopic (exact) mass is 493 g/mol. The maximum atomic E-state index is 12.9. The smallest absolute Gasteiger partial charge is 0.230 e. The van der Waals surface area contributed by atoms with Crippen LogP contribution >= 0.6 is 15.9 Å². The molecule has 8 heteroatoms. The van der Waals surface area contributed by atoms with Crippen LogP contribution in [0.25, 0.3) is 23.0 Å². The van der Waals surface area contributed by atoms with Gasteiger partial charge >= 0.3 is 0 Å². The van der Waals surface area contributed by atoms with Crippen molar-refractivity contribution >= 4 is 49.1 Å². The molecule has 5 rings (SSSR count). The van der Waals surface area contributed by atoms with E-state index in [1.54, 1.807) is 18.2 Å². The minimum Gasteiger partial charge on any atom is -0.326 e. The van der Waals surface area contributed by atoms with Crippen LogP contribution in [0.1, 0.15) is 11.3 Å². The Kier molecular flexibility index (Phi) is 4.75. The van der Waals surface area contributed by atoms with E-state index in [9.17, 15) is 13.2 Å². The van der Waals surface area contributed by atoms with Crippen molar-refractivity contribution in [2.75, 3.05) is 5.32 Å². The standard InChI is InChI=1S/C23H16BrN3O3S/c24-17-7-9-21-26-23(16-4-2-1-3-5-16)19(27(21)14-17)13-22(28)25-18-8-6-15-10-11-31(29,30)20(15)12-18/h1-12,14H,13H2,(H,25,28). The number of carbonyl (C=O) groups excluding carboxylic acids is 1. The van der Waals surface area contributed by atoms with E-state index >= 15 is 0 Å². The highest BCUT2D eigenvalue weighted by Crippen LogP contribution is 2.30. The topological polar surface area (TPSA) is 80.5 Å². The first-order valence-corrected chi connectivity index (χ1v) is 11.8. The molecule has 6 nitrogen and oxygen atoms in total. The Morgan fingerprint density at radius 3 is 2.68 bits per heavy atom. The third-order valence-corrected chi connectivity index (χ3v) is 7.02. The average molecular weight is 494 g/mol. The summed E-state index contributed by atoms with van der Waals surface area (Å²) in [6, 6.07) is 18.4. The van der Waals surface area contributed by atoms with Crippen LogP contribution in [0.3, 0.4) is 0 Å². The minimum atomic E-state index is -3.44. The zero-order valence-electron chi connectivity index (χ0n) is 16.1. The van der Waals surface area contributed by atoms with Crippen molar-refractivity contribution in [3.8, 4) is 11.3 Å². The highest BCUT2D eigenvalue weighted by molar-refractivity contribution is 9.10. The number of sulfone groups is 1. The Hall–Kier alpha value is -3.23. The van der Waals surface area contributed by atoms with Crippen LogP contribution in [0, 0.1) is 0 Å². The van der Waals surface area contributed by atoms with Gasteiger partial charge in [-0.3, -0.25) is 4.79 Å². The van der Waals surface area contributed by atoms with E-state index in [1.165, 1.54) is 11.5 Å². The summed E-state index contributed by atoms with van der Waals surface area (Å²) >= 11 is 3.48. The Labute approximate surface area is 187 Å². The lowest BCUT2D eigenvalue weighted by Gasteiger charge is -2.09. The number of imidazole rings is 1. The lowest BCUT2D eigenvalue weighted by molar-refractivity contribution is -0.115. The fraction of sp³-hybridized carbons (Fsp3) is 0.0435. The number of hydrogen-bond acceptors (Lipinski definition) is 4. The van der Waals surface area contributed by atoms with E-state index in [1.807, 2.05) is 53.1 Å². The molecule has 4 aromatic rings. The molecule has 2 aromatic heterocycles. The van der Waals surface area contributed by atoms with Gasteiger partial charge < -0.3 is 9.72 Å². The second-order valence-corrected chi connectivity index (χ2v) is 9.89. The maximum Gasteiger partial charge on any atom is 0.230 e. The molecule has 0 bridgehead atoms. The zero-order chi connectivity index (χ0) is 21.6. The number of nitrogens with zero attached hydrogens (tertiary/aromatic N) is 2. The molecular formula is C23H16BrN3O3S. The third-order valence-electron chi connectivity index (χ3n) is 5.09. The van der Waals surface area contributed by atoms with Crippen LogP contribution < -0.4 is 5.32 Å². The van der Waals surface area contributed by atoms with Gasteiger partial charge in [0.25, 0.3) is 0 Å². The van der Waals surface area contributed by atoms with Crippen molar-refractivity contribution in [2.45, 2.75) is 11.3 Å². The van der Waals surface area contributed by atoms with Gasteiger partial charge in [0.15, 0.2) is 0 Å². The molecule has 3 heterocycles. The number of carbonyl (C=O) groups is 1. The number of fused-ring (bicyclic) bond motifs is 2. The average Bonchev–Trinajstić information content (AvgIpc) is 3.26. The van der Waals surface area contributed by atoms with Gasteiger partial charge in [0.2, 0.25) is 15.7 Å². The van der Waals surface area contributed by atoms with Gasteiger partial charge in [-0.2, -0.15) is 0 Å². The number of pyridine rings is 1. The number of benzene rings is 2. The molecule has 1 amide bonds. The molecule has 0 atom stereocenters. The van der Waals surface area contributed by atoms with Crippen molar-refractivity contribution in [2.24, 2.45) is 0 Å². The number of hydrogen-bond donors (Lipinski definition) is 1. The molecule has 0 saturated heterocycles. The molecule has 31 heavy (non-hydrogen) atoms. The first-order valence-electron chi connectivity index (χ1n) is 9.50. The van der Waals surface area contributed by atoms with Crippen LogP contribution in [-0.2, 0) is 21.1 Å². The normalized spacial score (nSPS) is 14.0. The third kappa shape index (κ3) is 3.68. The van der Waals surface area contributed by atoms with Crippen LogP contribution in [-0.4, -0.2) is 23.7 Å². The predicted octanol–water partition coefficient (Wildman–Crippen LogP) is 4.70. The summed E-state index contributed by atoms with van der Waals surface area (Å²) in [6.07, 6.45) is 3.51. The molecule has 2 aromatic carbocycles. The van der Waals surface area contributed by atoms with Crippen molar-refractivity contribution < 1.29 is 13.2 Å². The van der Waals surface area contributed by atoms with E-state index in [-0.39, 0.29) is 17.2 Å². The molecule has 0 fully saturated rings. The maximum absolute atomic E-state index is 12.9. The van der Waals surface area contributed by atoms with Gasteiger partial charge in [-0.05, 0) is 51.8 Å². The van der Waals surface area contributed by atoms with E-state index in [0.717, 1.165) is 27.1 Å². The molecule has 154 valence electrons. The van der Waals surface area contributed by atoms with E-state index in [4.69, 9.17) is 4.98 Å². The van der Waals surface area contributed by atoms with Crippen molar-refractivity contribution in [3.63, 3.8) is 0 Å². The second-order valence-electron chi connectivity index (χ2n) is 7.17. The number of amides is 1. The van der Waals surface area contributed by atoms with E-state index < -0.39 is 9.84 Å². The summed E-state index contributed by atoms with van der Waals surface area (Å²) < 4.78 is 27.0. The largest absolute Gasteiger partial charge is 0.326 e. The van der Waals surface area contributed by atoms with Gasteiger partial charge in [-0.1, -0.05) is 36.4 Å². The van der Waals surface area contributed by atoms with Gasteiger partial charge in [0.05, 0.1) is 22.7 Å². The SMILES string of the molecule is O=C(Cc1c(-c2ccccc2)nc2ccc(Br)cn12)Nc1ccc2c(c1)S(=O)(=O)C=C2. The first-order chi connectivity index (χ1) is 14.9. The van der Waals surface area contributed by atoms with Crippen LogP contribution in [0.4, 0.5) is 5.69 Å². The molecule has 0 unspecified atom stereocenters. The van der Waals surface area contributed by atoms with Gasteiger partial charge in [-0.15, -0.1) is 0 Å². The Morgan fingerprint density at radius 2 is 1.87 bits per heavy atom. The van der Waals surface area contributed by atoms with Crippen LogP contribution in [0.15, 0.2) is 81.6 Å². The highest BCUT2D eigenvalue weighted by Gasteiger charge is 2.22. The summed E-state index contributed by atoms with van der Waals surface area (Å²) in [5, 5.41) is 3.99. The van der Waals surface area contributed by atoms with Gasteiger partial charge in [0, 0.05) is 27.3 Å². The quantitative estimate of drug-likeness (QED) is 0.446. The molecule has 1 aliphatic rings. The first kappa shape index (κ1) is 19.7. The highest BCUT2D eigenvalue weighted by atomic mass is 79.9. The van der Waals surface area contributed by atoms with E-state index in [0.29, 0.717) is 11.3 Å². The number of aromatic nitrogens is 2. The molecule has 0 aliphatic carbocycles. The molecule has 0 radical (unpaired) electrons. The van der Waals surface area contributed by atoms with E-state index in [2.05, 4.69) is 21.2 Å². The van der Waals surface area contributed by atoms with Crippen LogP contribution in [0.2, 0.25) is 0 Å². The minimum absolute atomic E-state index is 0.0733. The molecule has 1 aliphatic heterocycles. The fourth-order valence-corrected chi connectivity index (χ4v) is 5.22. The number of rotatable bonds is 4. The zero-order valence-corrected chi connectivity index (χ0v) is 18.5. The van der Waals surface area contributed by atoms with Crippen molar-refractivity contribution in [1.29, 1.82) is 0 Å². The summed E-state index contributed by atoms with van der Waals surface area (Å²) in [6.45, 7) is 0. The number of anilines is 1. The Morgan fingerprint density at radius 1 is 1.06 bits per heavy atom. The molecule has 0 spiro atoms. The molecule has 1 N–H and O–H groups in total. The van der Waals surface area contributed by atoms with Crippen molar-refractivity contribution in [1.82, 2.24) is 9.38 Å². The lowest BCUT2D eigenvalue weighted by Crippen LogP contribution is -2.16. The van der Waals surface area contributed by atoms with Gasteiger partial charge in [0.1, 0.15) is 5.65 Å². The van der Waals surface area contributed by atoms with Crippen LogP contribution in [0.5, 0.6) is 0 Å².